The highest BCUT2D eigenvalue weighted by atomic mass is 35.5. The Morgan fingerprint density at radius 2 is 2.07 bits per heavy atom. The second-order valence-electron chi connectivity index (χ2n) is 7.90. The van der Waals surface area contributed by atoms with Crippen LogP contribution in [0.2, 0.25) is 5.02 Å². The van der Waals surface area contributed by atoms with Crippen molar-refractivity contribution in [3.05, 3.63) is 65.1 Å². The summed E-state index contributed by atoms with van der Waals surface area (Å²) in [7, 11) is 0. The Labute approximate surface area is 180 Å². The van der Waals surface area contributed by atoms with Crippen molar-refractivity contribution in [3.63, 3.8) is 0 Å². The molecule has 3 heterocycles. The molecular formula is C23H25ClN2O4. The van der Waals surface area contributed by atoms with Crippen molar-refractivity contribution in [1.29, 1.82) is 0 Å². The third-order valence-corrected chi connectivity index (χ3v) is 6.08. The normalized spacial score (nSPS) is 20.7. The summed E-state index contributed by atoms with van der Waals surface area (Å²) < 4.78 is 11.3. The van der Waals surface area contributed by atoms with E-state index in [0.29, 0.717) is 30.2 Å². The number of nitrogens with one attached hydrogen (secondary N) is 1. The molecule has 0 saturated carbocycles. The van der Waals surface area contributed by atoms with Gasteiger partial charge in [-0.15, -0.1) is 0 Å². The highest BCUT2D eigenvalue weighted by molar-refractivity contribution is 6.30. The van der Waals surface area contributed by atoms with Crippen molar-refractivity contribution in [2.75, 3.05) is 19.6 Å². The minimum atomic E-state index is -0.181. The lowest BCUT2D eigenvalue weighted by Gasteiger charge is -2.39. The number of carbonyl (C=O) groups is 2. The molecule has 2 saturated heterocycles. The van der Waals surface area contributed by atoms with Gasteiger partial charge in [0.25, 0.3) is 5.91 Å². The summed E-state index contributed by atoms with van der Waals surface area (Å²) in [6.45, 7) is 1.83. The van der Waals surface area contributed by atoms with Gasteiger partial charge in [-0.2, -0.15) is 0 Å². The van der Waals surface area contributed by atoms with Gasteiger partial charge in [-0.3, -0.25) is 9.59 Å². The van der Waals surface area contributed by atoms with E-state index in [1.165, 1.54) is 18.6 Å². The lowest BCUT2D eigenvalue weighted by Crippen LogP contribution is -2.47. The number of ether oxygens (including phenoxy) is 1. The summed E-state index contributed by atoms with van der Waals surface area (Å²) in [6, 6.07) is 9.03. The molecule has 158 valence electrons. The first-order valence-electron chi connectivity index (χ1n) is 10.2. The van der Waals surface area contributed by atoms with Crippen LogP contribution in [0.25, 0.3) is 6.08 Å². The Morgan fingerprint density at radius 3 is 2.80 bits per heavy atom. The zero-order chi connectivity index (χ0) is 21.0. The predicted octanol–water partition coefficient (Wildman–Crippen LogP) is 3.92. The number of amides is 2. The van der Waals surface area contributed by atoms with Gasteiger partial charge in [-0.25, -0.2) is 0 Å². The van der Waals surface area contributed by atoms with Crippen molar-refractivity contribution in [2.45, 2.75) is 37.4 Å². The zero-order valence-electron chi connectivity index (χ0n) is 16.7. The molecule has 2 aliphatic rings. The zero-order valence-corrected chi connectivity index (χ0v) is 17.4. The smallest absolute Gasteiger partial charge is 0.257 e. The van der Waals surface area contributed by atoms with E-state index in [1.807, 2.05) is 17.0 Å². The van der Waals surface area contributed by atoms with Gasteiger partial charge in [-0.05, 0) is 55.5 Å². The number of nitrogens with zero attached hydrogens (tertiary/aromatic N) is 1. The Morgan fingerprint density at radius 1 is 1.23 bits per heavy atom. The van der Waals surface area contributed by atoms with Gasteiger partial charge in [0.05, 0.1) is 23.5 Å². The molecule has 7 heteroatoms. The Kier molecular flexibility index (Phi) is 6.25. The van der Waals surface area contributed by atoms with Gasteiger partial charge in [-0.1, -0.05) is 23.7 Å². The molecule has 0 aliphatic carbocycles. The van der Waals surface area contributed by atoms with Crippen LogP contribution in [0.1, 0.15) is 41.6 Å². The van der Waals surface area contributed by atoms with Crippen molar-refractivity contribution in [3.8, 4) is 0 Å². The molecule has 1 aromatic carbocycles. The van der Waals surface area contributed by atoms with E-state index in [1.54, 1.807) is 24.3 Å². The maximum Gasteiger partial charge on any atom is 0.257 e. The Balaban J connectivity index is 1.22. The monoisotopic (exact) mass is 428 g/mol. The summed E-state index contributed by atoms with van der Waals surface area (Å²) in [4.78, 5) is 26.4. The van der Waals surface area contributed by atoms with Crippen LogP contribution in [0.4, 0.5) is 0 Å². The quantitative estimate of drug-likeness (QED) is 0.733. The molecular weight excluding hydrogens is 404 g/mol. The van der Waals surface area contributed by atoms with Crippen LogP contribution in [0, 0.1) is 0 Å². The van der Waals surface area contributed by atoms with Gasteiger partial charge in [0.2, 0.25) is 5.91 Å². The topological polar surface area (TPSA) is 71.8 Å². The Bertz CT molecular complexity index is 917. The van der Waals surface area contributed by atoms with Crippen molar-refractivity contribution < 1.29 is 18.7 Å². The van der Waals surface area contributed by atoms with E-state index in [9.17, 15) is 9.59 Å². The first-order chi connectivity index (χ1) is 14.5. The number of halogens is 1. The van der Waals surface area contributed by atoms with E-state index < -0.39 is 0 Å². The number of hydrogen-bond acceptors (Lipinski definition) is 4. The first kappa shape index (κ1) is 20.7. The maximum atomic E-state index is 12.5. The molecule has 0 radical (unpaired) electrons. The molecule has 2 aromatic rings. The number of hydrogen-bond donors (Lipinski definition) is 1. The van der Waals surface area contributed by atoms with Gasteiger partial charge < -0.3 is 19.4 Å². The molecule has 4 rings (SSSR count). The van der Waals surface area contributed by atoms with Crippen molar-refractivity contribution >= 4 is 29.5 Å². The molecule has 2 amide bonds. The SMILES string of the molecule is O=C(/C=C/c1cccc(Cl)c1)NCC1CCC2(CCN(C(=O)c3ccoc3)CC2)O1. The fourth-order valence-corrected chi connectivity index (χ4v) is 4.35. The van der Waals surface area contributed by atoms with Crippen LogP contribution in [0.3, 0.4) is 0 Å². The molecule has 1 atom stereocenters. The van der Waals surface area contributed by atoms with Crippen LogP contribution in [0.15, 0.2) is 53.4 Å². The second-order valence-corrected chi connectivity index (χ2v) is 8.34. The number of furan rings is 1. The molecule has 1 spiro atoms. The summed E-state index contributed by atoms with van der Waals surface area (Å²) in [6.07, 6.45) is 9.75. The third kappa shape index (κ3) is 4.94. The number of benzene rings is 1. The average molecular weight is 429 g/mol. The third-order valence-electron chi connectivity index (χ3n) is 5.85. The molecule has 2 aliphatic heterocycles. The van der Waals surface area contributed by atoms with Gasteiger partial charge in [0.15, 0.2) is 0 Å². The minimum absolute atomic E-state index is 0.00430. The highest BCUT2D eigenvalue weighted by Gasteiger charge is 2.43. The van der Waals surface area contributed by atoms with E-state index in [0.717, 1.165) is 31.2 Å². The molecule has 0 bridgehead atoms. The van der Waals surface area contributed by atoms with Crippen LogP contribution in [-0.4, -0.2) is 48.1 Å². The molecule has 1 unspecified atom stereocenters. The van der Waals surface area contributed by atoms with E-state index in [2.05, 4.69) is 5.32 Å². The summed E-state index contributed by atoms with van der Waals surface area (Å²) in [5, 5.41) is 3.56. The fourth-order valence-electron chi connectivity index (χ4n) is 4.15. The number of carbonyl (C=O) groups excluding carboxylic acids is 2. The largest absolute Gasteiger partial charge is 0.472 e. The van der Waals surface area contributed by atoms with E-state index >= 15 is 0 Å². The molecule has 6 nitrogen and oxygen atoms in total. The second kappa shape index (κ2) is 9.06. The molecule has 1 N–H and O–H groups in total. The predicted molar refractivity (Wildman–Crippen MR) is 114 cm³/mol. The molecule has 2 fully saturated rings. The fraction of sp³-hybridized carbons (Fsp3) is 0.391. The lowest BCUT2D eigenvalue weighted by molar-refractivity contribution is -0.118. The number of piperidine rings is 1. The average Bonchev–Trinajstić information content (AvgIpc) is 3.42. The maximum absolute atomic E-state index is 12.5. The minimum Gasteiger partial charge on any atom is -0.472 e. The van der Waals surface area contributed by atoms with Crippen molar-refractivity contribution in [1.82, 2.24) is 10.2 Å². The van der Waals surface area contributed by atoms with Crippen molar-refractivity contribution in [2.24, 2.45) is 0 Å². The van der Waals surface area contributed by atoms with Gasteiger partial charge in [0.1, 0.15) is 6.26 Å². The molecule has 30 heavy (non-hydrogen) atoms. The summed E-state index contributed by atoms with van der Waals surface area (Å²) in [5.41, 5.74) is 1.29. The van der Waals surface area contributed by atoms with Crippen LogP contribution >= 0.6 is 11.6 Å². The van der Waals surface area contributed by atoms with E-state index in [-0.39, 0.29) is 23.5 Å². The lowest BCUT2D eigenvalue weighted by atomic mass is 9.88. The summed E-state index contributed by atoms with van der Waals surface area (Å²) >= 11 is 5.95. The Hall–Kier alpha value is -2.57. The first-order valence-corrected chi connectivity index (χ1v) is 10.6. The number of likely N-dealkylation sites (tertiary alicyclic amines) is 1. The molecule has 1 aromatic heterocycles. The van der Waals surface area contributed by atoms with Crippen LogP contribution in [0.5, 0.6) is 0 Å². The number of rotatable bonds is 5. The highest BCUT2D eigenvalue weighted by Crippen LogP contribution is 2.39. The standard InChI is InChI=1S/C23H25ClN2O4/c24-19-3-1-2-17(14-19)4-5-21(27)25-15-20-6-8-23(30-20)9-11-26(12-10-23)22(28)18-7-13-29-16-18/h1-5,7,13-14,16,20H,6,8-12,15H2,(H,25,27)/b5-4+. The van der Waals surface area contributed by atoms with Gasteiger partial charge >= 0.3 is 0 Å². The van der Waals surface area contributed by atoms with Crippen LogP contribution < -0.4 is 5.32 Å². The summed E-state index contributed by atoms with van der Waals surface area (Å²) in [5.74, 6) is -0.146. The van der Waals surface area contributed by atoms with E-state index in [4.69, 9.17) is 20.8 Å². The van der Waals surface area contributed by atoms with Crippen LogP contribution in [-0.2, 0) is 9.53 Å². The van der Waals surface area contributed by atoms with Gasteiger partial charge in [0, 0.05) is 30.7 Å².